The molecule has 2 atom stereocenters. The summed E-state index contributed by atoms with van der Waals surface area (Å²) in [5, 5.41) is 0. The average molecular weight is 198 g/mol. The molecule has 0 bridgehead atoms. The van der Waals surface area contributed by atoms with E-state index in [2.05, 4.69) is 4.42 Å². The minimum absolute atomic E-state index is 0.227. The van der Waals surface area contributed by atoms with Gasteiger partial charge in [0, 0.05) is 14.2 Å². The Morgan fingerprint density at radius 1 is 0.929 bits per heavy atom. The smallest absolute Gasteiger partial charge is 0.180 e. The SMILES string of the molecule is COC1C=CC(OC)O1.c1ccoc1. The Labute approximate surface area is 83.1 Å². The maximum absolute atomic E-state index is 5.10. The molecule has 0 aromatic carbocycles. The molecular weight excluding hydrogens is 184 g/mol. The highest BCUT2D eigenvalue weighted by molar-refractivity contribution is 4.94. The van der Waals surface area contributed by atoms with Gasteiger partial charge in [0.15, 0.2) is 12.6 Å². The van der Waals surface area contributed by atoms with Gasteiger partial charge in [0.1, 0.15) is 0 Å². The molecule has 1 aromatic heterocycles. The molecule has 0 aliphatic carbocycles. The molecule has 0 saturated heterocycles. The molecule has 0 N–H and O–H groups in total. The third-order valence-corrected chi connectivity index (χ3v) is 1.58. The molecule has 2 rings (SSSR count). The Bertz CT molecular complexity index is 213. The van der Waals surface area contributed by atoms with Gasteiger partial charge in [-0.15, -0.1) is 0 Å². The van der Waals surface area contributed by atoms with Crippen molar-refractivity contribution >= 4 is 0 Å². The molecule has 1 aromatic rings. The molecular formula is C10H14O4. The fourth-order valence-corrected chi connectivity index (χ4v) is 0.899. The van der Waals surface area contributed by atoms with Crippen molar-refractivity contribution in [1.29, 1.82) is 0 Å². The number of ether oxygens (including phenoxy) is 3. The normalized spacial score (nSPS) is 24.4. The second-order valence-electron chi connectivity index (χ2n) is 2.52. The quantitative estimate of drug-likeness (QED) is 0.679. The van der Waals surface area contributed by atoms with Crippen LogP contribution in [0.1, 0.15) is 0 Å². The highest BCUT2D eigenvalue weighted by Crippen LogP contribution is 2.11. The molecule has 4 nitrogen and oxygen atoms in total. The van der Waals surface area contributed by atoms with Gasteiger partial charge < -0.3 is 18.6 Å². The third-order valence-electron chi connectivity index (χ3n) is 1.58. The standard InChI is InChI=1S/C6H10O3.C4H4O/c1-7-5-3-4-6(8-2)9-5;1-2-4-5-3-1/h3-6H,1-2H3;1-4H. The zero-order valence-electron chi connectivity index (χ0n) is 8.25. The third kappa shape index (κ3) is 3.74. The number of hydrogen-bond acceptors (Lipinski definition) is 4. The molecule has 0 radical (unpaired) electrons. The fraction of sp³-hybridized carbons (Fsp3) is 0.400. The average Bonchev–Trinajstić information content (AvgIpc) is 2.92. The molecule has 14 heavy (non-hydrogen) atoms. The van der Waals surface area contributed by atoms with E-state index >= 15 is 0 Å². The Hall–Kier alpha value is -1.10. The molecule has 0 amide bonds. The Kier molecular flexibility index (Phi) is 4.99. The highest BCUT2D eigenvalue weighted by Gasteiger charge is 2.16. The Morgan fingerprint density at radius 2 is 1.43 bits per heavy atom. The van der Waals surface area contributed by atoms with Crippen molar-refractivity contribution in [3.05, 3.63) is 36.8 Å². The maximum Gasteiger partial charge on any atom is 0.180 e. The van der Waals surface area contributed by atoms with Gasteiger partial charge in [0.2, 0.25) is 0 Å². The molecule has 0 spiro atoms. The topological polar surface area (TPSA) is 40.8 Å². The lowest BCUT2D eigenvalue weighted by atomic mass is 10.5. The van der Waals surface area contributed by atoms with Gasteiger partial charge in [0.05, 0.1) is 12.5 Å². The monoisotopic (exact) mass is 198 g/mol. The van der Waals surface area contributed by atoms with Crippen LogP contribution in [0.3, 0.4) is 0 Å². The van der Waals surface area contributed by atoms with E-state index in [1.807, 2.05) is 24.3 Å². The van der Waals surface area contributed by atoms with Crippen LogP contribution in [0.4, 0.5) is 0 Å². The van der Waals surface area contributed by atoms with Crippen molar-refractivity contribution in [3.8, 4) is 0 Å². The van der Waals surface area contributed by atoms with Crippen LogP contribution in [0, 0.1) is 0 Å². The minimum Gasteiger partial charge on any atom is -0.473 e. The second kappa shape index (κ2) is 6.37. The van der Waals surface area contributed by atoms with Crippen molar-refractivity contribution in [1.82, 2.24) is 0 Å². The highest BCUT2D eigenvalue weighted by atomic mass is 16.8. The minimum atomic E-state index is -0.227. The van der Waals surface area contributed by atoms with Crippen LogP contribution in [-0.2, 0) is 14.2 Å². The molecule has 2 heterocycles. The van der Waals surface area contributed by atoms with Gasteiger partial charge in [-0.2, -0.15) is 0 Å². The predicted molar refractivity (Wildman–Crippen MR) is 50.5 cm³/mol. The van der Waals surface area contributed by atoms with Gasteiger partial charge in [-0.3, -0.25) is 0 Å². The van der Waals surface area contributed by atoms with Crippen molar-refractivity contribution < 1.29 is 18.6 Å². The lowest BCUT2D eigenvalue weighted by Gasteiger charge is -2.09. The van der Waals surface area contributed by atoms with Gasteiger partial charge in [-0.05, 0) is 24.3 Å². The summed E-state index contributed by atoms with van der Waals surface area (Å²) in [5.41, 5.74) is 0. The lowest BCUT2D eigenvalue weighted by Crippen LogP contribution is -2.14. The summed E-state index contributed by atoms with van der Waals surface area (Å²) in [6, 6.07) is 3.67. The Morgan fingerprint density at radius 3 is 1.64 bits per heavy atom. The van der Waals surface area contributed by atoms with Crippen molar-refractivity contribution in [2.45, 2.75) is 12.6 Å². The summed E-state index contributed by atoms with van der Waals surface area (Å²) in [6.45, 7) is 0. The van der Waals surface area contributed by atoms with Crippen LogP contribution in [0.5, 0.6) is 0 Å². The predicted octanol–water partition coefficient (Wildman–Crippen LogP) is 1.80. The molecule has 1 aliphatic rings. The molecule has 0 fully saturated rings. The van der Waals surface area contributed by atoms with E-state index in [1.54, 1.807) is 26.7 Å². The summed E-state index contributed by atoms with van der Waals surface area (Å²) >= 11 is 0. The fourth-order valence-electron chi connectivity index (χ4n) is 0.899. The van der Waals surface area contributed by atoms with E-state index in [-0.39, 0.29) is 12.6 Å². The molecule has 0 saturated carbocycles. The van der Waals surface area contributed by atoms with Gasteiger partial charge in [-0.25, -0.2) is 0 Å². The zero-order valence-corrected chi connectivity index (χ0v) is 8.25. The molecule has 2 unspecified atom stereocenters. The maximum atomic E-state index is 5.10. The first-order chi connectivity index (χ1) is 6.86. The summed E-state index contributed by atoms with van der Waals surface area (Å²) in [5.74, 6) is 0. The van der Waals surface area contributed by atoms with Crippen LogP contribution in [-0.4, -0.2) is 26.8 Å². The van der Waals surface area contributed by atoms with Crippen LogP contribution in [0.25, 0.3) is 0 Å². The number of methoxy groups -OCH3 is 2. The summed E-state index contributed by atoms with van der Waals surface area (Å²) in [7, 11) is 3.18. The summed E-state index contributed by atoms with van der Waals surface area (Å²) < 4.78 is 19.4. The number of rotatable bonds is 2. The summed E-state index contributed by atoms with van der Waals surface area (Å²) in [6.07, 6.45) is 6.42. The second-order valence-corrected chi connectivity index (χ2v) is 2.52. The van der Waals surface area contributed by atoms with E-state index in [4.69, 9.17) is 14.2 Å². The van der Waals surface area contributed by atoms with E-state index in [0.29, 0.717) is 0 Å². The number of furan rings is 1. The van der Waals surface area contributed by atoms with Crippen LogP contribution in [0.15, 0.2) is 41.2 Å². The van der Waals surface area contributed by atoms with Crippen molar-refractivity contribution in [3.63, 3.8) is 0 Å². The first-order valence-corrected chi connectivity index (χ1v) is 4.23. The van der Waals surface area contributed by atoms with E-state index in [9.17, 15) is 0 Å². The van der Waals surface area contributed by atoms with E-state index in [1.165, 1.54) is 0 Å². The van der Waals surface area contributed by atoms with Gasteiger partial charge in [-0.1, -0.05) is 0 Å². The van der Waals surface area contributed by atoms with Crippen LogP contribution >= 0.6 is 0 Å². The van der Waals surface area contributed by atoms with Crippen molar-refractivity contribution in [2.24, 2.45) is 0 Å². The summed E-state index contributed by atoms with van der Waals surface area (Å²) in [4.78, 5) is 0. The number of hydrogen-bond donors (Lipinski definition) is 0. The molecule has 4 heteroatoms. The Balaban J connectivity index is 0.000000165. The van der Waals surface area contributed by atoms with Crippen LogP contribution < -0.4 is 0 Å². The van der Waals surface area contributed by atoms with E-state index in [0.717, 1.165) is 0 Å². The van der Waals surface area contributed by atoms with E-state index < -0.39 is 0 Å². The zero-order chi connectivity index (χ0) is 10.2. The van der Waals surface area contributed by atoms with Crippen LogP contribution in [0.2, 0.25) is 0 Å². The first-order valence-electron chi connectivity index (χ1n) is 4.23. The van der Waals surface area contributed by atoms with Crippen molar-refractivity contribution in [2.75, 3.05) is 14.2 Å². The largest absolute Gasteiger partial charge is 0.473 e. The lowest BCUT2D eigenvalue weighted by molar-refractivity contribution is -0.173. The van der Waals surface area contributed by atoms with Gasteiger partial charge >= 0.3 is 0 Å². The first kappa shape index (κ1) is 11.0. The van der Waals surface area contributed by atoms with Gasteiger partial charge in [0.25, 0.3) is 0 Å². The molecule has 1 aliphatic heterocycles. The molecule has 78 valence electrons.